The summed E-state index contributed by atoms with van der Waals surface area (Å²) in [5, 5.41) is 15.2. The first-order chi connectivity index (χ1) is 10.7. The number of phenols is 1. The van der Waals surface area contributed by atoms with E-state index in [-0.39, 0.29) is 11.8 Å². The number of carbonyl (C=O) groups excluding carboxylic acids is 1. The van der Waals surface area contributed by atoms with Gasteiger partial charge in [-0.3, -0.25) is 0 Å². The molecule has 0 spiro atoms. The summed E-state index contributed by atoms with van der Waals surface area (Å²) in [6.45, 7) is 3.32. The van der Waals surface area contributed by atoms with Gasteiger partial charge in [0.2, 0.25) is 0 Å². The molecule has 2 aromatic rings. The highest BCUT2D eigenvalue weighted by Gasteiger charge is 2.21. The van der Waals surface area contributed by atoms with Crippen molar-refractivity contribution in [1.82, 2.24) is 15.2 Å². The minimum atomic E-state index is -0.0502. The molecule has 1 aliphatic heterocycles. The first kappa shape index (κ1) is 14.6. The van der Waals surface area contributed by atoms with E-state index in [2.05, 4.69) is 15.2 Å². The first-order valence-corrected chi connectivity index (χ1v) is 8.05. The number of amides is 2. The average Bonchev–Trinajstić information content (AvgIpc) is 3.06. The number of hydrogen-bond donors (Lipinski definition) is 2. The predicted octanol–water partition coefficient (Wildman–Crippen LogP) is 1.88. The van der Waals surface area contributed by atoms with Crippen molar-refractivity contribution in [3.63, 3.8) is 0 Å². The molecule has 7 heteroatoms. The van der Waals surface area contributed by atoms with Crippen molar-refractivity contribution in [3.8, 4) is 5.75 Å². The van der Waals surface area contributed by atoms with E-state index in [0.717, 1.165) is 23.8 Å². The highest BCUT2D eigenvalue weighted by Crippen LogP contribution is 2.21. The van der Waals surface area contributed by atoms with Gasteiger partial charge in [0, 0.05) is 49.5 Å². The molecule has 6 nitrogen and oxygen atoms in total. The summed E-state index contributed by atoms with van der Waals surface area (Å²) in [7, 11) is 0. The molecule has 0 bridgehead atoms. The summed E-state index contributed by atoms with van der Waals surface area (Å²) in [6.07, 6.45) is 1.74. The number of carbonyl (C=O) groups is 1. The first-order valence-electron chi connectivity index (χ1n) is 7.17. The van der Waals surface area contributed by atoms with Crippen LogP contribution in [0.2, 0.25) is 0 Å². The number of phenolic OH excluding ortho intramolecular Hbond substituents is 1. The van der Waals surface area contributed by atoms with Crippen LogP contribution in [-0.2, 0) is 6.54 Å². The Bertz CT molecular complexity index is 624. The molecule has 0 saturated carbocycles. The Balaban J connectivity index is 1.49. The molecule has 2 amide bonds. The highest BCUT2D eigenvalue weighted by molar-refractivity contribution is 7.09. The summed E-state index contributed by atoms with van der Waals surface area (Å²) in [5.41, 5.74) is 0.989. The van der Waals surface area contributed by atoms with Crippen LogP contribution in [0, 0.1) is 0 Å². The van der Waals surface area contributed by atoms with Crippen LogP contribution in [0.15, 0.2) is 35.8 Å². The topological polar surface area (TPSA) is 68.7 Å². The maximum Gasteiger partial charge on any atom is 0.317 e. The lowest BCUT2D eigenvalue weighted by Gasteiger charge is -2.36. The van der Waals surface area contributed by atoms with Gasteiger partial charge in [0.25, 0.3) is 0 Å². The fraction of sp³-hybridized carbons (Fsp3) is 0.333. The zero-order chi connectivity index (χ0) is 15.4. The minimum absolute atomic E-state index is 0.0502. The standard InChI is InChI=1S/C15H18N4O2S/c20-13-3-1-2-12(10-13)18-5-7-19(8-6-18)15(21)17-11-14-16-4-9-22-14/h1-4,9-10,20H,5-8,11H2,(H,17,21). The van der Waals surface area contributed by atoms with Crippen LogP contribution < -0.4 is 10.2 Å². The van der Waals surface area contributed by atoms with E-state index in [1.54, 1.807) is 18.3 Å². The number of thiazole rings is 1. The third-order valence-electron chi connectivity index (χ3n) is 3.64. The number of nitrogens with one attached hydrogen (secondary N) is 1. The molecule has 22 heavy (non-hydrogen) atoms. The molecule has 3 rings (SSSR count). The molecule has 0 atom stereocenters. The normalized spacial score (nSPS) is 14.9. The lowest BCUT2D eigenvalue weighted by Crippen LogP contribution is -2.51. The van der Waals surface area contributed by atoms with Gasteiger partial charge in [-0.1, -0.05) is 6.07 Å². The molecule has 0 aliphatic carbocycles. The van der Waals surface area contributed by atoms with Crippen molar-refractivity contribution in [2.45, 2.75) is 6.54 Å². The Labute approximate surface area is 133 Å². The van der Waals surface area contributed by atoms with Crippen molar-refractivity contribution in [2.24, 2.45) is 0 Å². The van der Waals surface area contributed by atoms with Crippen molar-refractivity contribution in [3.05, 3.63) is 40.8 Å². The molecule has 0 radical (unpaired) electrons. The Morgan fingerprint density at radius 3 is 2.82 bits per heavy atom. The van der Waals surface area contributed by atoms with E-state index in [0.29, 0.717) is 19.6 Å². The fourth-order valence-corrected chi connectivity index (χ4v) is 3.02. The molecule has 1 aromatic carbocycles. The number of benzene rings is 1. The Kier molecular flexibility index (Phi) is 4.43. The monoisotopic (exact) mass is 318 g/mol. The maximum atomic E-state index is 12.1. The van der Waals surface area contributed by atoms with Crippen LogP contribution in [0.5, 0.6) is 5.75 Å². The zero-order valence-electron chi connectivity index (χ0n) is 12.1. The summed E-state index contributed by atoms with van der Waals surface area (Å²) < 4.78 is 0. The van der Waals surface area contributed by atoms with E-state index in [1.165, 1.54) is 11.3 Å². The van der Waals surface area contributed by atoms with Crippen molar-refractivity contribution in [1.29, 1.82) is 0 Å². The summed E-state index contributed by atoms with van der Waals surface area (Å²) in [4.78, 5) is 20.3. The fourth-order valence-electron chi connectivity index (χ4n) is 2.46. The van der Waals surface area contributed by atoms with Gasteiger partial charge < -0.3 is 20.2 Å². The molecule has 1 saturated heterocycles. The van der Waals surface area contributed by atoms with Crippen LogP contribution in [-0.4, -0.2) is 47.2 Å². The van der Waals surface area contributed by atoms with E-state index < -0.39 is 0 Å². The Morgan fingerprint density at radius 1 is 1.32 bits per heavy atom. The average molecular weight is 318 g/mol. The minimum Gasteiger partial charge on any atom is -0.508 e. The molecule has 1 fully saturated rings. The SMILES string of the molecule is O=C(NCc1nccs1)N1CCN(c2cccc(O)c2)CC1. The number of nitrogens with zero attached hydrogens (tertiary/aromatic N) is 3. The van der Waals surface area contributed by atoms with Gasteiger partial charge in [-0.2, -0.15) is 0 Å². The smallest absolute Gasteiger partial charge is 0.317 e. The van der Waals surface area contributed by atoms with Crippen molar-refractivity contribution < 1.29 is 9.90 Å². The van der Waals surface area contributed by atoms with Gasteiger partial charge in [0.05, 0.1) is 6.54 Å². The second-order valence-corrected chi connectivity index (χ2v) is 6.06. The Morgan fingerprint density at radius 2 is 2.14 bits per heavy atom. The highest BCUT2D eigenvalue weighted by atomic mass is 32.1. The lowest BCUT2D eigenvalue weighted by molar-refractivity contribution is 0.194. The molecule has 0 unspecified atom stereocenters. The largest absolute Gasteiger partial charge is 0.508 e. The van der Waals surface area contributed by atoms with Crippen LogP contribution in [0.25, 0.3) is 0 Å². The van der Waals surface area contributed by atoms with E-state index in [4.69, 9.17) is 0 Å². The molecule has 1 aliphatic rings. The number of piperazine rings is 1. The maximum absolute atomic E-state index is 12.1. The van der Waals surface area contributed by atoms with Crippen molar-refractivity contribution in [2.75, 3.05) is 31.1 Å². The summed E-state index contributed by atoms with van der Waals surface area (Å²) in [5.74, 6) is 0.265. The van der Waals surface area contributed by atoms with Crippen LogP contribution in [0.3, 0.4) is 0 Å². The van der Waals surface area contributed by atoms with Crippen LogP contribution >= 0.6 is 11.3 Å². The van der Waals surface area contributed by atoms with E-state index in [9.17, 15) is 9.90 Å². The van der Waals surface area contributed by atoms with Crippen molar-refractivity contribution >= 4 is 23.1 Å². The lowest BCUT2D eigenvalue weighted by atomic mass is 10.2. The van der Waals surface area contributed by atoms with Gasteiger partial charge >= 0.3 is 6.03 Å². The van der Waals surface area contributed by atoms with Crippen LogP contribution in [0.4, 0.5) is 10.5 Å². The van der Waals surface area contributed by atoms with E-state index in [1.807, 2.05) is 22.4 Å². The third kappa shape index (κ3) is 3.48. The number of hydrogen-bond acceptors (Lipinski definition) is 5. The number of aromatic hydroxyl groups is 1. The second-order valence-electron chi connectivity index (χ2n) is 5.08. The number of rotatable bonds is 3. The quantitative estimate of drug-likeness (QED) is 0.907. The van der Waals surface area contributed by atoms with Gasteiger partial charge in [0.1, 0.15) is 10.8 Å². The number of aromatic nitrogens is 1. The number of urea groups is 1. The van der Waals surface area contributed by atoms with Gasteiger partial charge in [-0.05, 0) is 12.1 Å². The zero-order valence-corrected chi connectivity index (χ0v) is 12.9. The molecule has 2 N–H and O–H groups in total. The van der Waals surface area contributed by atoms with Gasteiger partial charge in [-0.25, -0.2) is 9.78 Å². The Hall–Kier alpha value is -2.28. The summed E-state index contributed by atoms with van der Waals surface area (Å²) in [6, 6.07) is 7.16. The third-order valence-corrected chi connectivity index (χ3v) is 4.42. The number of anilines is 1. The van der Waals surface area contributed by atoms with E-state index >= 15 is 0 Å². The molecular formula is C15H18N4O2S. The predicted molar refractivity (Wildman–Crippen MR) is 86.2 cm³/mol. The van der Waals surface area contributed by atoms with Crippen LogP contribution in [0.1, 0.15) is 5.01 Å². The molecule has 1 aromatic heterocycles. The second kappa shape index (κ2) is 6.65. The molecule has 116 valence electrons. The summed E-state index contributed by atoms with van der Waals surface area (Å²) >= 11 is 1.53. The molecular weight excluding hydrogens is 300 g/mol. The molecule has 2 heterocycles. The van der Waals surface area contributed by atoms with Gasteiger partial charge in [-0.15, -0.1) is 11.3 Å². The van der Waals surface area contributed by atoms with Gasteiger partial charge in [0.15, 0.2) is 0 Å².